The van der Waals surface area contributed by atoms with E-state index in [9.17, 15) is 22.9 Å². The van der Waals surface area contributed by atoms with Crippen molar-refractivity contribution in [2.45, 2.75) is 4.90 Å². The second-order valence-corrected chi connectivity index (χ2v) is 6.64. The molecule has 112 valence electrons. The third-order valence-corrected chi connectivity index (χ3v) is 3.58. The Morgan fingerprint density at radius 3 is 2.50 bits per heavy atom. The van der Waals surface area contributed by atoms with Crippen molar-refractivity contribution in [3.8, 4) is 5.75 Å². The van der Waals surface area contributed by atoms with Crippen LogP contribution in [-0.4, -0.2) is 45.5 Å². The molecule has 0 fully saturated rings. The van der Waals surface area contributed by atoms with Crippen molar-refractivity contribution >= 4 is 25.4 Å². The number of non-ortho nitro benzene ring substituents is 1. The Kier molecular flexibility index (Phi) is 5.26. The zero-order valence-corrected chi connectivity index (χ0v) is 12.2. The molecule has 1 rings (SSSR count). The van der Waals surface area contributed by atoms with Crippen molar-refractivity contribution < 1.29 is 22.5 Å². The molecule has 10 heteroatoms. The zero-order chi connectivity index (χ0) is 15.5. The lowest BCUT2D eigenvalue weighted by Crippen LogP contribution is -2.20. The van der Waals surface area contributed by atoms with Crippen LogP contribution in [0.4, 0.5) is 10.1 Å². The van der Waals surface area contributed by atoms with Gasteiger partial charge in [0.2, 0.25) is 0 Å². The number of nitrogens with zero attached hydrogens (tertiary/aromatic N) is 2. The predicted molar refractivity (Wildman–Crippen MR) is 70.1 cm³/mol. The first-order chi connectivity index (χ1) is 9.12. The number of hydrogen-bond acceptors (Lipinski definition) is 6. The lowest BCUT2D eigenvalue weighted by molar-refractivity contribution is -0.385. The van der Waals surface area contributed by atoms with E-state index in [1.807, 2.05) is 0 Å². The molecule has 0 aliphatic rings. The fourth-order valence-electron chi connectivity index (χ4n) is 1.31. The van der Waals surface area contributed by atoms with Gasteiger partial charge in [0, 0.05) is 23.3 Å². The SMILES string of the molecule is CN(C)CCOc1c(F)cc([N+](=O)[O-])cc1S(=O)(=O)Cl. The average molecular weight is 327 g/mol. The molecule has 7 nitrogen and oxygen atoms in total. The second kappa shape index (κ2) is 6.33. The highest BCUT2D eigenvalue weighted by Crippen LogP contribution is 2.33. The summed E-state index contributed by atoms with van der Waals surface area (Å²) in [5.74, 6) is -1.77. The molecule has 0 atom stereocenters. The minimum Gasteiger partial charge on any atom is -0.488 e. The summed E-state index contributed by atoms with van der Waals surface area (Å²) in [5.41, 5.74) is -0.721. The quantitative estimate of drug-likeness (QED) is 0.448. The molecule has 0 saturated carbocycles. The van der Waals surface area contributed by atoms with Crippen molar-refractivity contribution in [1.29, 1.82) is 0 Å². The Labute approximate surface area is 119 Å². The Hall–Kier alpha value is -1.45. The molecule has 0 aromatic heterocycles. The number of rotatable bonds is 6. The number of halogens is 2. The van der Waals surface area contributed by atoms with Crippen LogP contribution in [0.3, 0.4) is 0 Å². The van der Waals surface area contributed by atoms with Crippen molar-refractivity contribution in [1.82, 2.24) is 4.90 Å². The number of nitro groups is 1. The highest BCUT2D eigenvalue weighted by atomic mass is 35.7. The summed E-state index contributed by atoms with van der Waals surface area (Å²) in [6.07, 6.45) is 0. The largest absolute Gasteiger partial charge is 0.488 e. The summed E-state index contributed by atoms with van der Waals surface area (Å²) in [5, 5.41) is 10.6. The van der Waals surface area contributed by atoms with E-state index in [-0.39, 0.29) is 6.61 Å². The van der Waals surface area contributed by atoms with Gasteiger partial charge in [0.1, 0.15) is 11.5 Å². The predicted octanol–water partition coefficient (Wildman–Crippen LogP) is 1.60. The Bertz CT molecular complexity index is 620. The monoisotopic (exact) mass is 326 g/mol. The van der Waals surface area contributed by atoms with Crippen LogP contribution >= 0.6 is 10.7 Å². The number of ether oxygens (including phenoxy) is 1. The first-order valence-corrected chi connectivity index (χ1v) is 7.64. The van der Waals surface area contributed by atoms with Crippen molar-refractivity contribution in [2.24, 2.45) is 0 Å². The van der Waals surface area contributed by atoms with Crippen LogP contribution in [0.5, 0.6) is 5.75 Å². The van der Waals surface area contributed by atoms with Gasteiger partial charge in [0.05, 0.1) is 11.0 Å². The average Bonchev–Trinajstić information content (AvgIpc) is 2.28. The summed E-state index contributed by atoms with van der Waals surface area (Å²) < 4.78 is 41.5. The lowest BCUT2D eigenvalue weighted by atomic mass is 10.3. The summed E-state index contributed by atoms with van der Waals surface area (Å²) >= 11 is 0. The van der Waals surface area contributed by atoms with Crippen molar-refractivity contribution in [3.05, 3.63) is 28.1 Å². The van der Waals surface area contributed by atoms with E-state index in [4.69, 9.17) is 15.4 Å². The Balaban J connectivity index is 3.24. The molecule has 0 amide bonds. The third-order valence-electron chi connectivity index (χ3n) is 2.25. The van der Waals surface area contributed by atoms with Gasteiger partial charge in [-0.25, -0.2) is 12.8 Å². The molecule has 0 aliphatic carbocycles. The minimum atomic E-state index is -4.37. The maximum absolute atomic E-state index is 13.8. The molecule has 0 radical (unpaired) electrons. The van der Waals surface area contributed by atoms with Crippen LogP contribution in [0.15, 0.2) is 17.0 Å². The summed E-state index contributed by atoms with van der Waals surface area (Å²) in [7, 11) is 4.26. The lowest BCUT2D eigenvalue weighted by Gasteiger charge is -2.13. The minimum absolute atomic E-state index is 0.00113. The highest BCUT2D eigenvalue weighted by molar-refractivity contribution is 8.13. The van der Waals surface area contributed by atoms with Crippen LogP contribution in [-0.2, 0) is 9.05 Å². The van der Waals surface area contributed by atoms with Crippen LogP contribution in [0.2, 0.25) is 0 Å². The Morgan fingerprint density at radius 1 is 1.45 bits per heavy atom. The number of benzene rings is 1. The topological polar surface area (TPSA) is 89.8 Å². The van der Waals surface area contributed by atoms with Gasteiger partial charge in [-0.3, -0.25) is 10.1 Å². The molecule has 20 heavy (non-hydrogen) atoms. The smallest absolute Gasteiger partial charge is 0.273 e. The number of likely N-dealkylation sites (N-methyl/N-ethyl adjacent to an activating group) is 1. The van der Waals surface area contributed by atoms with Gasteiger partial charge in [-0.05, 0) is 14.1 Å². The molecule has 0 saturated heterocycles. The van der Waals surface area contributed by atoms with Gasteiger partial charge in [0.25, 0.3) is 14.7 Å². The van der Waals surface area contributed by atoms with E-state index in [1.54, 1.807) is 19.0 Å². The number of hydrogen-bond donors (Lipinski definition) is 0. The van der Waals surface area contributed by atoms with Gasteiger partial charge in [-0.1, -0.05) is 0 Å². The fraction of sp³-hybridized carbons (Fsp3) is 0.400. The molecule has 0 spiro atoms. The molecule has 0 bridgehead atoms. The molecule has 0 heterocycles. The fourth-order valence-corrected chi connectivity index (χ4v) is 2.29. The summed E-state index contributed by atoms with van der Waals surface area (Å²) in [4.78, 5) is 10.7. The molecular weight excluding hydrogens is 315 g/mol. The van der Waals surface area contributed by atoms with Gasteiger partial charge in [-0.2, -0.15) is 0 Å². The third kappa shape index (κ3) is 4.29. The normalized spacial score (nSPS) is 11.7. The van der Waals surface area contributed by atoms with E-state index in [0.29, 0.717) is 18.7 Å². The molecular formula is C10H12ClFN2O5S. The first-order valence-electron chi connectivity index (χ1n) is 5.33. The van der Waals surface area contributed by atoms with Crippen molar-refractivity contribution in [2.75, 3.05) is 27.2 Å². The van der Waals surface area contributed by atoms with E-state index in [0.717, 1.165) is 0 Å². The summed E-state index contributed by atoms with van der Waals surface area (Å²) in [6, 6.07) is 1.24. The standard InChI is InChI=1S/C10H12ClFN2O5S/c1-13(2)3-4-19-10-8(12)5-7(14(15)16)6-9(10)20(11,17)18/h5-6H,3-4H2,1-2H3. The first kappa shape index (κ1) is 16.6. The van der Waals surface area contributed by atoms with Gasteiger partial charge < -0.3 is 9.64 Å². The van der Waals surface area contributed by atoms with Crippen molar-refractivity contribution in [3.63, 3.8) is 0 Å². The molecule has 1 aromatic rings. The molecule has 0 N–H and O–H groups in total. The zero-order valence-electron chi connectivity index (χ0n) is 10.7. The molecule has 0 unspecified atom stereocenters. The van der Waals surface area contributed by atoms with E-state index < -0.39 is 36.1 Å². The van der Waals surface area contributed by atoms with Crippen LogP contribution < -0.4 is 4.74 Å². The molecule has 0 aliphatic heterocycles. The van der Waals surface area contributed by atoms with Crippen LogP contribution in [0, 0.1) is 15.9 Å². The molecule has 1 aromatic carbocycles. The van der Waals surface area contributed by atoms with E-state index in [1.165, 1.54) is 0 Å². The maximum Gasteiger partial charge on any atom is 0.273 e. The summed E-state index contributed by atoms with van der Waals surface area (Å²) in [6.45, 7) is 0.402. The van der Waals surface area contributed by atoms with Gasteiger partial charge in [0.15, 0.2) is 11.6 Å². The van der Waals surface area contributed by atoms with Gasteiger partial charge in [-0.15, -0.1) is 0 Å². The Morgan fingerprint density at radius 2 is 2.05 bits per heavy atom. The van der Waals surface area contributed by atoms with Crippen LogP contribution in [0.25, 0.3) is 0 Å². The van der Waals surface area contributed by atoms with E-state index in [2.05, 4.69) is 0 Å². The highest BCUT2D eigenvalue weighted by Gasteiger charge is 2.25. The number of nitro benzene ring substituents is 1. The maximum atomic E-state index is 13.8. The second-order valence-electron chi connectivity index (χ2n) is 4.10. The van der Waals surface area contributed by atoms with Crippen LogP contribution in [0.1, 0.15) is 0 Å². The van der Waals surface area contributed by atoms with Gasteiger partial charge >= 0.3 is 0 Å². The van der Waals surface area contributed by atoms with E-state index >= 15 is 0 Å².